The maximum absolute atomic E-state index is 15.0. The summed E-state index contributed by atoms with van der Waals surface area (Å²) < 4.78 is 12.4. The van der Waals surface area contributed by atoms with E-state index in [-0.39, 0.29) is 17.3 Å². The van der Waals surface area contributed by atoms with Crippen molar-refractivity contribution in [3.63, 3.8) is 0 Å². The van der Waals surface area contributed by atoms with E-state index in [0.717, 1.165) is 78.3 Å². The van der Waals surface area contributed by atoms with Gasteiger partial charge in [0.15, 0.2) is 17.3 Å². The normalized spacial score (nSPS) is 13.4. The summed E-state index contributed by atoms with van der Waals surface area (Å²) >= 11 is 0. The molecule has 0 spiro atoms. The van der Waals surface area contributed by atoms with Crippen molar-refractivity contribution < 1.29 is 23.9 Å². The molecule has 0 fully saturated rings. The highest BCUT2D eigenvalue weighted by Gasteiger charge is 2.37. The number of hydrogen-bond acceptors (Lipinski definition) is 5. The van der Waals surface area contributed by atoms with Gasteiger partial charge in [-0.2, -0.15) is 0 Å². The number of para-hydroxylation sites is 2. The molecule has 5 heteroatoms. The highest BCUT2D eigenvalue weighted by atomic mass is 16.5. The van der Waals surface area contributed by atoms with Crippen LogP contribution < -0.4 is 9.47 Å². The molecule has 0 bridgehead atoms. The molecule has 5 nitrogen and oxygen atoms in total. The SMILES string of the molecule is O=C1C(c2ccccc2)=C(c2ccc(Oc3ccccc3)cc2)C(c2ccc(C(=O)c3ccc(C4=C(c5ccccc5)C(=O)C(c5ccccc5)=C4c4ccc(Oc5ccccc5)cc4)cc3)cc2)=C1c1ccccc1. The smallest absolute Gasteiger partial charge is 0.195 e. The molecule has 0 aliphatic heterocycles. The molecule has 0 saturated heterocycles. The highest BCUT2D eigenvalue weighted by molar-refractivity contribution is 6.60. The van der Waals surface area contributed by atoms with Gasteiger partial charge in [-0.25, -0.2) is 0 Å². The number of hydrogen-bond donors (Lipinski definition) is 0. The van der Waals surface area contributed by atoms with Gasteiger partial charge in [0.2, 0.25) is 0 Å². The number of Topliss-reactive ketones (excluding diaryl/α,β-unsaturated/α-hetero) is 2. The first-order valence-electron chi connectivity index (χ1n) is 25.2. The van der Waals surface area contributed by atoms with Crippen LogP contribution in [0.5, 0.6) is 23.0 Å². The Kier molecular flexibility index (Phi) is 12.8. The van der Waals surface area contributed by atoms with Crippen LogP contribution in [0.1, 0.15) is 60.4 Å². The first-order valence-corrected chi connectivity index (χ1v) is 25.2. The van der Waals surface area contributed by atoms with Crippen LogP contribution in [0.4, 0.5) is 0 Å². The molecule has 0 heterocycles. The van der Waals surface area contributed by atoms with Crippen molar-refractivity contribution in [2.75, 3.05) is 0 Å². The number of carbonyl (C=O) groups is 3. The Labute approximate surface area is 441 Å². The third-order valence-corrected chi connectivity index (χ3v) is 13.8. The summed E-state index contributed by atoms with van der Waals surface area (Å²) in [6, 6.07) is 89.2. The monoisotopic (exact) mass is 978 g/mol. The second-order valence-electron chi connectivity index (χ2n) is 18.5. The summed E-state index contributed by atoms with van der Waals surface area (Å²) in [5.41, 5.74) is 13.0. The lowest BCUT2D eigenvalue weighted by Gasteiger charge is -2.15. The van der Waals surface area contributed by atoms with Gasteiger partial charge in [-0.05, 0) is 93.0 Å². The van der Waals surface area contributed by atoms with Gasteiger partial charge in [-0.3, -0.25) is 14.4 Å². The number of benzene rings is 10. The predicted octanol–water partition coefficient (Wildman–Crippen LogP) is 16.7. The molecular formula is C71H46O5. The maximum Gasteiger partial charge on any atom is 0.195 e. The van der Waals surface area contributed by atoms with E-state index in [1.165, 1.54) is 0 Å². The molecule has 76 heavy (non-hydrogen) atoms. The minimum absolute atomic E-state index is 0.0789. The van der Waals surface area contributed by atoms with Crippen molar-refractivity contribution in [3.8, 4) is 23.0 Å². The molecule has 0 aromatic heterocycles. The third-order valence-electron chi connectivity index (χ3n) is 13.8. The molecular weight excluding hydrogens is 933 g/mol. The van der Waals surface area contributed by atoms with Gasteiger partial charge in [0.25, 0.3) is 0 Å². The standard InChI is InChI=1S/C71H46O5/c72-69(55-35-31-51(32-36-55)61-63(53-39-43-59(44-40-53)75-57-27-15-5-16-28-57)67(49-23-11-3-12-24-49)70(73)65(61)47-19-7-1-8-20-47)56-37-33-52(34-38-56)62-64(54-41-45-60(46-42-54)76-58-29-17-6-18-30-58)68(50-25-13-4-14-26-50)71(74)66(62)48-21-9-2-10-22-48/h1-46H. The van der Waals surface area contributed by atoms with Crippen molar-refractivity contribution in [2.24, 2.45) is 0 Å². The summed E-state index contributed by atoms with van der Waals surface area (Å²) in [6.07, 6.45) is 0. The Morgan fingerprint density at radius 3 is 0.658 bits per heavy atom. The van der Waals surface area contributed by atoms with Crippen LogP contribution in [0.3, 0.4) is 0 Å². The number of ether oxygens (including phenoxy) is 2. The fraction of sp³-hybridized carbons (Fsp3) is 0. The van der Waals surface area contributed by atoms with Crippen LogP contribution in [0.2, 0.25) is 0 Å². The Morgan fingerprint density at radius 1 is 0.211 bits per heavy atom. The Morgan fingerprint density at radius 2 is 0.408 bits per heavy atom. The van der Waals surface area contributed by atoms with E-state index < -0.39 is 0 Å². The van der Waals surface area contributed by atoms with Gasteiger partial charge >= 0.3 is 0 Å². The predicted molar refractivity (Wildman–Crippen MR) is 305 cm³/mol. The average Bonchev–Trinajstić information content (AvgIpc) is 3.97. The molecule has 2 aliphatic carbocycles. The fourth-order valence-electron chi connectivity index (χ4n) is 10.3. The van der Waals surface area contributed by atoms with E-state index in [1.54, 1.807) is 0 Å². The van der Waals surface area contributed by atoms with E-state index in [1.807, 2.05) is 279 Å². The second kappa shape index (κ2) is 20.7. The lowest BCUT2D eigenvalue weighted by Crippen LogP contribution is -2.03. The van der Waals surface area contributed by atoms with Gasteiger partial charge in [0.1, 0.15) is 23.0 Å². The number of ketones is 3. The van der Waals surface area contributed by atoms with E-state index in [0.29, 0.717) is 44.9 Å². The Balaban J connectivity index is 0.915. The lowest BCUT2D eigenvalue weighted by molar-refractivity contribution is -0.109. The summed E-state index contributed by atoms with van der Waals surface area (Å²) in [4.78, 5) is 44.6. The first-order chi connectivity index (χ1) is 37.5. The highest BCUT2D eigenvalue weighted by Crippen LogP contribution is 2.52. The van der Waals surface area contributed by atoms with Gasteiger partial charge in [-0.1, -0.05) is 231 Å². The molecule has 10 aromatic rings. The molecule has 0 radical (unpaired) electrons. The lowest BCUT2D eigenvalue weighted by atomic mass is 9.87. The van der Waals surface area contributed by atoms with Crippen LogP contribution in [-0.2, 0) is 9.59 Å². The van der Waals surface area contributed by atoms with Crippen molar-refractivity contribution in [3.05, 3.63) is 335 Å². The molecule has 2 aliphatic rings. The van der Waals surface area contributed by atoms with Crippen LogP contribution in [0, 0.1) is 0 Å². The summed E-state index contributed by atoms with van der Waals surface area (Å²) in [5, 5.41) is 0. The molecule has 10 aromatic carbocycles. The van der Waals surface area contributed by atoms with E-state index in [2.05, 4.69) is 0 Å². The largest absolute Gasteiger partial charge is 0.457 e. The van der Waals surface area contributed by atoms with Crippen molar-refractivity contribution in [1.29, 1.82) is 0 Å². The van der Waals surface area contributed by atoms with Gasteiger partial charge in [0, 0.05) is 55.7 Å². The maximum atomic E-state index is 15.0. The average molecular weight is 979 g/mol. The molecule has 0 N–H and O–H groups in total. The molecule has 360 valence electrons. The van der Waals surface area contributed by atoms with E-state index >= 15 is 9.59 Å². The van der Waals surface area contributed by atoms with E-state index in [4.69, 9.17) is 9.47 Å². The van der Waals surface area contributed by atoms with Gasteiger partial charge in [0.05, 0.1) is 0 Å². The summed E-state index contributed by atoms with van der Waals surface area (Å²) in [5.74, 6) is 2.47. The molecule has 0 atom stereocenters. The van der Waals surface area contributed by atoms with Crippen molar-refractivity contribution in [1.82, 2.24) is 0 Å². The number of rotatable bonds is 14. The molecule has 12 rings (SSSR count). The second-order valence-corrected chi connectivity index (χ2v) is 18.5. The topological polar surface area (TPSA) is 69.7 Å². The van der Waals surface area contributed by atoms with Crippen LogP contribution in [-0.4, -0.2) is 17.3 Å². The van der Waals surface area contributed by atoms with Crippen LogP contribution in [0.25, 0.3) is 44.6 Å². The summed E-state index contributed by atoms with van der Waals surface area (Å²) in [7, 11) is 0. The van der Waals surface area contributed by atoms with Crippen LogP contribution in [0.15, 0.2) is 279 Å². The molecule has 0 saturated carbocycles. The minimum Gasteiger partial charge on any atom is -0.457 e. The first kappa shape index (κ1) is 46.8. The van der Waals surface area contributed by atoms with Crippen LogP contribution >= 0.6 is 0 Å². The zero-order chi connectivity index (χ0) is 51.4. The van der Waals surface area contributed by atoms with Gasteiger partial charge < -0.3 is 9.47 Å². The third kappa shape index (κ3) is 9.14. The number of allylic oxidation sites excluding steroid dienone is 8. The quantitative estimate of drug-likeness (QED) is 0.102. The number of carbonyl (C=O) groups excluding carboxylic acids is 3. The molecule has 0 unspecified atom stereocenters. The summed E-state index contributed by atoms with van der Waals surface area (Å²) in [6.45, 7) is 0. The van der Waals surface area contributed by atoms with Crippen molar-refractivity contribution in [2.45, 2.75) is 0 Å². The molecule has 0 amide bonds. The Bertz CT molecular complexity index is 3650. The Hall–Kier alpha value is -10.2. The zero-order valence-corrected chi connectivity index (χ0v) is 41.1. The minimum atomic E-state index is -0.165. The zero-order valence-electron chi connectivity index (χ0n) is 41.1. The van der Waals surface area contributed by atoms with Gasteiger partial charge in [-0.15, -0.1) is 0 Å². The van der Waals surface area contributed by atoms with E-state index in [9.17, 15) is 4.79 Å². The fourth-order valence-corrected chi connectivity index (χ4v) is 10.3. The van der Waals surface area contributed by atoms with Crippen molar-refractivity contribution >= 4 is 61.9 Å².